The standard InChI is InChI=1S/C11H21N3O3/c12-10(15)3-1-2-4-14-11(16)7-9-8-13-5-6-17-9/h9,13H,1-8H2,(H2,12,15)(H,14,16). The van der Waals surface area contributed by atoms with Crippen molar-refractivity contribution < 1.29 is 14.3 Å². The highest BCUT2D eigenvalue weighted by Crippen LogP contribution is 2.01. The van der Waals surface area contributed by atoms with Crippen molar-refractivity contribution in [1.82, 2.24) is 10.6 Å². The Morgan fingerprint density at radius 1 is 1.41 bits per heavy atom. The lowest BCUT2D eigenvalue weighted by Crippen LogP contribution is -2.41. The summed E-state index contributed by atoms with van der Waals surface area (Å²) in [5, 5.41) is 5.98. The third-order valence-electron chi connectivity index (χ3n) is 2.59. The molecule has 4 N–H and O–H groups in total. The van der Waals surface area contributed by atoms with E-state index >= 15 is 0 Å². The summed E-state index contributed by atoms with van der Waals surface area (Å²) in [6.45, 7) is 2.84. The van der Waals surface area contributed by atoms with Crippen LogP contribution in [0, 0.1) is 0 Å². The van der Waals surface area contributed by atoms with Crippen LogP contribution >= 0.6 is 0 Å². The van der Waals surface area contributed by atoms with Gasteiger partial charge in [-0.25, -0.2) is 0 Å². The van der Waals surface area contributed by atoms with Gasteiger partial charge in [-0.05, 0) is 12.8 Å². The van der Waals surface area contributed by atoms with Gasteiger partial charge in [0.05, 0.1) is 19.1 Å². The van der Waals surface area contributed by atoms with E-state index in [-0.39, 0.29) is 17.9 Å². The highest BCUT2D eigenvalue weighted by atomic mass is 16.5. The normalized spacial score (nSPS) is 19.9. The quantitative estimate of drug-likeness (QED) is 0.507. The fourth-order valence-corrected chi connectivity index (χ4v) is 1.68. The molecule has 1 rings (SSSR count). The maximum absolute atomic E-state index is 11.5. The molecule has 98 valence electrons. The van der Waals surface area contributed by atoms with Gasteiger partial charge in [0.1, 0.15) is 0 Å². The number of hydrogen-bond acceptors (Lipinski definition) is 4. The van der Waals surface area contributed by atoms with Crippen LogP contribution in [-0.4, -0.2) is 44.2 Å². The van der Waals surface area contributed by atoms with Crippen molar-refractivity contribution in [2.45, 2.75) is 31.8 Å². The highest BCUT2D eigenvalue weighted by Gasteiger charge is 2.16. The number of amides is 2. The van der Waals surface area contributed by atoms with E-state index in [0.29, 0.717) is 26.0 Å². The van der Waals surface area contributed by atoms with E-state index < -0.39 is 0 Å². The van der Waals surface area contributed by atoms with Gasteiger partial charge in [0.25, 0.3) is 0 Å². The van der Waals surface area contributed by atoms with E-state index in [1.165, 1.54) is 0 Å². The average molecular weight is 243 g/mol. The number of ether oxygens (including phenoxy) is 1. The minimum absolute atomic E-state index is 0.00206. The van der Waals surface area contributed by atoms with Crippen molar-refractivity contribution in [3.8, 4) is 0 Å². The second-order valence-corrected chi connectivity index (χ2v) is 4.17. The minimum atomic E-state index is -0.294. The first-order valence-electron chi connectivity index (χ1n) is 6.06. The molecule has 0 radical (unpaired) electrons. The molecule has 1 unspecified atom stereocenters. The Hall–Kier alpha value is -1.14. The summed E-state index contributed by atoms with van der Waals surface area (Å²) >= 11 is 0. The van der Waals surface area contributed by atoms with Crippen LogP contribution in [-0.2, 0) is 14.3 Å². The van der Waals surface area contributed by atoms with Crippen molar-refractivity contribution in [3.05, 3.63) is 0 Å². The Kier molecular flexibility index (Phi) is 6.57. The predicted octanol–water partition coefficient (Wildman–Crippen LogP) is -0.863. The van der Waals surface area contributed by atoms with E-state index in [0.717, 1.165) is 25.9 Å². The third-order valence-corrected chi connectivity index (χ3v) is 2.59. The first-order chi connectivity index (χ1) is 8.18. The van der Waals surface area contributed by atoms with Gasteiger partial charge in [-0.1, -0.05) is 0 Å². The lowest BCUT2D eigenvalue weighted by atomic mass is 10.2. The van der Waals surface area contributed by atoms with Gasteiger partial charge < -0.3 is 21.1 Å². The van der Waals surface area contributed by atoms with Gasteiger partial charge in [0.15, 0.2) is 0 Å². The first kappa shape index (κ1) is 13.9. The molecule has 0 saturated carbocycles. The zero-order chi connectivity index (χ0) is 12.5. The fraction of sp³-hybridized carbons (Fsp3) is 0.818. The Morgan fingerprint density at radius 2 is 2.24 bits per heavy atom. The van der Waals surface area contributed by atoms with Gasteiger partial charge in [0, 0.05) is 26.1 Å². The summed E-state index contributed by atoms with van der Waals surface area (Å²) in [4.78, 5) is 22.0. The van der Waals surface area contributed by atoms with E-state index in [2.05, 4.69) is 10.6 Å². The molecular formula is C11H21N3O3. The fourth-order valence-electron chi connectivity index (χ4n) is 1.68. The van der Waals surface area contributed by atoms with Crippen molar-refractivity contribution in [3.63, 3.8) is 0 Å². The average Bonchev–Trinajstić information content (AvgIpc) is 2.29. The zero-order valence-electron chi connectivity index (χ0n) is 10.0. The second-order valence-electron chi connectivity index (χ2n) is 4.17. The summed E-state index contributed by atoms with van der Waals surface area (Å²) in [5.41, 5.74) is 5.01. The molecule has 0 aromatic carbocycles. The van der Waals surface area contributed by atoms with Gasteiger partial charge in [-0.2, -0.15) is 0 Å². The molecule has 1 saturated heterocycles. The van der Waals surface area contributed by atoms with E-state index in [4.69, 9.17) is 10.5 Å². The van der Waals surface area contributed by atoms with Crippen LogP contribution in [0.2, 0.25) is 0 Å². The Labute approximate surface area is 101 Å². The third kappa shape index (κ3) is 6.91. The number of morpholine rings is 1. The molecule has 0 spiro atoms. The number of carbonyl (C=O) groups excluding carboxylic acids is 2. The molecule has 17 heavy (non-hydrogen) atoms. The van der Waals surface area contributed by atoms with Crippen molar-refractivity contribution >= 4 is 11.8 Å². The topological polar surface area (TPSA) is 93.5 Å². The summed E-state index contributed by atoms with van der Waals surface area (Å²) in [5.74, 6) is -0.296. The van der Waals surface area contributed by atoms with Crippen LogP contribution in [0.4, 0.5) is 0 Å². The summed E-state index contributed by atoms with van der Waals surface area (Å²) in [7, 11) is 0. The monoisotopic (exact) mass is 243 g/mol. The van der Waals surface area contributed by atoms with Crippen molar-refractivity contribution in [2.75, 3.05) is 26.2 Å². The number of carbonyl (C=O) groups is 2. The van der Waals surface area contributed by atoms with Gasteiger partial charge in [-0.15, -0.1) is 0 Å². The Bertz CT molecular complexity index is 252. The number of nitrogens with one attached hydrogen (secondary N) is 2. The van der Waals surface area contributed by atoms with Gasteiger partial charge in [0.2, 0.25) is 11.8 Å². The van der Waals surface area contributed by atoms with Crippen molar-refractivity contribution in [1.29, 1.82) is 0 Å². The lowest BCUT2D eigenvalue weighted by Gasteiger charge is -2.23. The molecule has 0 aliphatic carbocycles. The molecule has 0 bridgehead atoms. The molecule has 0 aromatic heterocycles. The largest absolute Gasteiger partial charge is 0.375 e. The number of primary amides is 1. The van der Waals surface area contributed by atoms with Crippen LogP contribution in [0.1, 0.15) is 25.7 Å². The van der Waals surface area contributed by atoms with Crippen LogP contribution < -0.4 is 16.4 Å². The second kappa shape index (κ2) is 8.03. The zero-order valence-corrected chi connectivity index (χ0v) is 10.0. The molecule has 1 heterocycles. The number of hydrogen-bond donors (Lipinski definition) is 3. The number of rotatable bonds is 7. The van der Waals surface area contributed by atoms with E-state index in [9.17, 15) is 9.59 Å². The molecule has 1 atom stereocenters. The predicted molar refractivity (Wildman–Crippen MR) is 63.3 cm³/mol. The minimum Gasteiger partial charge on any atom is -0.375 e. The van der Waals surface area contributed by atoms with Crippen LogP contribution in [0.5, 0.6) is 0 Å². The number of nitrogens with two attached hydrogens (primary N) is 1. The Balaban J connectivity index is 1.98. The van der Waals surface area contributed by atoms with Crippen molar-refractivity contribution in [2.24, 2.45) is 5.73 Å². The first-order valence-corrected chi connectivity index (χ1v) is 6.06. The van der Waals surface area contributed by atoms with Crippen LogP contribution in [0.25, 0.3) is 0 Å². The summed E-state index contributed by atoms with van der Waals surface area (Å²) < 4.78 is 5.42. The van der Waals surface area contributed by atoms with Gasteiger partial charge in [-0.3, -0.25) is 9.59 Å². The van der Waals surface area contributed by atoms with Gasteiger partial charge >= 0.3 is 0 Å². The van der Waals surface area contributed by atoms with Crippen LogP contribution in [0.3, 0.4) is 0 Å². The molecule has 2 amide bonds. The number of unbranched alkanes of at least 4 members (excludes halogenated alkanes) is 1. The highest BCUT2D eigenvalue weighted by molar-refractivity contribution is 5.76. The molecule has 1 fully saturated rings. The smallest absolute Gasteiger partial charge is 0.222 e. The van der Waals surface area contributed by atoms with E-state index in [1.807, 2.05) is 0 Å². The summed E-state index contributed by atoms with van der Waals surface area (Å²) in [6, 6.07) is 0. The molecule has 6 nitrogen and oxygen atoms in total. The maximum atomic E-state index is 11.5. The molecule has 0 aromatic rings. The molecular weight excluding hydrogens is 222 g/mol. The molecule has 1 aliphatic heterocycles. The van der Waals surface area contributed by atoms with E-state index in [1.54, 1.807) is 0 Å². The Morgan fingerprint density at radius 3 is 2.88 bits per heavy atom. The van der Waals surface area contributed by atoms with Crippen LogP contribution in [0.15, 0.2) is 0 Å². The lowest BCUT2D eigenvalue weighted by molar-refractivity contribution is -0.124. The summed E-state index contributed by atoms with van der Waals surface area (Å²) in [6.07, 6.45) is 2.25. The molecule has 1 aliphatic rings. The molecule has 6 heteroatoms. The maximum Gasteiger partial charge on any atom is 0.222 e. The SMILES string of the molecule is NC(=O)CCCCNC(=O)CC1CNCCO1.